The molecular formula is C16H21F2NO. The minimum absolute atomic E-state index is 0.142. The van der Waals surface area contributed by atoms with Crippen LogP contribution in [0.2, 0.25) is 0 Å². The molecule has 1 aliphatic carbocycles. The lowest BCUT2D eigenvalue weighted by Crippen LogP contribution is -2.42. The Morgan fingerprint density at radius 2 is 1.90 bits per heavy atom. The third kappa shape index (κ3) is 3.42. The van der Waals surface area contributed by atoms with E-state index in [1.54, 1.807) is 0 Å². The monoisotopic (exact) mass is 281 g/mol. The van der Waals surface area contributed by atoms with Gasteiger partial charge in [0, 0.05) is 18.2 Å². The van der Waals surface area contributed by atoms with Crippen LogP contribution in [0, 0.1) is 17.6 Å². The van der Waals surface area contributed by atoms with Gasteiger partial charge in [-0.05, 0) is 43.9 Å². The van der Waals surface area contributed by atoms with E-state index in [-0.39, 0.29) is 17.4 Å². The standard InChI is InChI=1S/C16H21F2NO/c1-10(2)9-19(13-5-6-13)11(3)16(20)12-4-7-14(17)15(18)8-12/h4,7-8,10-11,13H,5-6,9H2,1-3H3. The number of carbonyl (C=O) groups excluding carboxylic acids is 1. The Hall–Kier alpha value is -1.29. The summed E-state index contributed by atoms with van der Waals surface area (Å²) in [5.74, 6) is -1.56. The van der Waals surface area contributed by atoms with Crippen molar-refractivity contribution in [2.45, 2.75) is 45.7 Å². The molecule has 2 nitrogen and oxygen atoms in total. The molecule has 0 N–H and O–H groups in total. The molecule has 0 radical (unpaired) electrons. The smallest absolute Gasteiger partial charge is 0.179 e. The normalized spacial score (nSPS) is 16.8. The second-order valence-electron chi connectivity index (χ2n) is 5.99. The largest absolute Gasteiger partial charge is 0.292 e. The first-order valence-electron chi connectivity index (χ1n) is 7.15. The summed E-state index contributed by atoms with van der Waals surface area (Å²) < 4.78 is 26.2. The van der Waals surface area contributed by atoms with Crippen molar-refractivity contribution in [3.05, 3.63) is 35.4 Å². The molecule has 1 fully saturated rings. The van der Waals surface area contributed by atoms with Crippen LogP contribution in [0.5, 0.6) is 0 Å². The number of benzene rings is 1. The van der Waals surface area contributed by atoms with Gasteiger partial charge in [0.1, 0.15) is 0 Å². The number of rotatable bonds is 6. The third-order valence-electron chi connectivity index (χ3n) is 3.67. The highest BCUT2D eigenvalue weighted by molar-refractivity contribution is 5.99. The van der Waals surface area contributed by atoms with Crippen molar-refractivity contribution in [2.75, 3.05) is 6.54 Å². The number of hydrogen-bond donors (Lipinski definition) is 0. The average Bonchev–Trinajstić information content (AvgIpc) is 3.21. The fourth-order valence-corrected chi connectivity index (χ4v) is 2.49. The maximum atomic E-state index is 13.2. The van der Waals surface area contributed by atoms with Gasteiger partial charge in [-0.25, -0.2) is 8.78 Å². The van der Waals surface area contributed by atoms with Gasteiger partial charge in [-0.2, -0.15) is 0 Å². The molecule has 0 spiro atoms. The van der Waals surface area contributed by atoms with E-state index in [1.807, 2.05) is 6.92 Å². The van der Waals surface area contributed by atoms with Crippen LogP contribution in [0.25, 0.3) is 0 Å². The van der Waals surface area contributed by atoms with E-state index in [0.717, 1.165) is 31.5 Å². The summed E-state index contributed by atoms with van der Waals surface area (Å²) in [6, 6.07) is 3.53. The van der Waals surface area contributed by atoms with Gasteiger partial charge >= 0.3 is 0 Å². The lowest BCUT2D eigenvalue weighted by atomic mass is 10.0. The molecule has 1 aliphatic rings. The Kier molecular flexibility index (Phi) is 4.53. The van der Waals surface area contributed by atoms with Gasteiger partial charge < -0.3 is 0 Å². The number of carbonyl (C=O) groups is 1. The van der Waals surface area contributed by atoms with Crippen molar-refractivity contribution < 1.29 is 13.6 Å². The first-order valence-corrected chi connectivity index (χ1v) is 7.15. The van der Waals surface area contributed by atoms with Crippen LogP contribution >= 0.6 is 0 Å². The summed E-state index contributed by atoms with van der Waals surface area (Å²) in [4.78, 5) is 14.6. The van der Waals surface area contributed by atoms with Gasteiger partial charge in [0.05, 0.1) is 6.04 Å². The molecule has 0 amide bonds. The summed E-state index contributed by atoms with van der Waals surface area (Å²) >= 11 is 0. The van der Waals surface area contributed by atoms with Crippen molar-refractivity contribution in [2.24, 2.45) is 5.92 Å². The van der Waals surface area contributed by atoms with Crippen LogP contribution in [0.15, 0.2) is 18.2 Å². The zero-order chi connectivity index (χ0) is 14.9. The van der Waals surface area contributed by atoms with E-state index < -0.39 is 11.6 Å². The number of Topliss-reactive ketones (excluding diaryl/α,β-unsaturated/α-hetero) is 1. The highest BCUT2D eigenvalue weighted by Gasteiger charge is 2.35. The van der Waals surface area contributed by atoms with Gasteiger partial charge in [-0.3, -0.25) is 9.69 Å². The predicted molar refractivity (Wildman–Crippen MR) is 74.7 cm³/mol. The van der Waals surface area contributed by atoms with Crippen LogP contribution < -0.4 is 0 Å². The zero-order valence-electron chi connectivity index (χ0n) is 12.2. The quantitative estimate of drug-likeness (QED) is 0.742. The highest BCUT2D eigenvalue weighted by Crippen LogP contribution is 2.30. The lowest BCUT2D eigenvalue weighted by molar-refractivity contribution is 0.0807. The second-order valence-corrected chi connectivity index (χ2v) is 5.99. The van der Waals surface area contributed by atoms with Gasteiger partial charge in [0.15, 0.2) is 17.4 Å². The van der Waals surface area contributed by atoms with Gasteiger partial charge in [0.25, 0.3) is 0 Å². The minimum atomic E-state index is -0.968. The Labute approximate surface area is 118 Å². The van der Waals surface area contributed by atoms with Gasteiger partial charge in [0.2, 0.25) is 0 Å². The molecule has 1 aromatic rings. The van der Waals surface area contributed by atoms with E-state index in [1.165, 1.54) is 6.07 Å². The van der Waals surface area contributed by atoms with Gasteiger partial charge in [-0.1, -0.05) is 13.8 Å². The van der Waals surface area contributed by atoms with E-state index in [9.17, 15) is 13.6 Å². The van der Waals surface area contributed by atoms with Crippen molar-refractivity contribution in [1.29, 1.82) is 0 Å². The number of nitrogens with zero attached hydrogens (tertiary/aromatic N) is 1. The summed E-state index contributed by atoms with van der Waals surface area (Å²) in [5, 5.41) is 0. The topological polar surface area (TPSA) is 20.3 Å². The summed E-state index contributed by atoms with van der Waals surface area (Å²) in [6.45, 7) is 6.93. The van der Waals surface area contributed by atoms with E-state index in [4.69, 9.17) is 0 Å². The molecule has 1 atom stereocenters. The molecule has 0 saturated heterocycles. The van der Waals surface area contributed by atoms with E-state index >= 15 is 0 Å². The Morgan fingerprint density at radius 3 is 2.40 bits per heavy atom. The van der Waals surface area contributed by atoms with Crippen molar-refractivity contribution in [1.82, 2.24) is 4.90 Å². The Morgan fingerprint density at radius 1 is 1.25 bits per heavy atom. The highest BCUT2D eigenvalue weighted by atomic mass is 19.2. The van der Waals surface area contributed by atoms with Crippen LogP contribution in [-0.4, -0.2) is 29.3 Å². The Bertz CT molecular complexity index is 497. The number of hydrogen-bond acceptors (Lipinski definition) is 2. The molecule has 1 saturated carbocycles. The van der Waals surface area contributed by atoms with Crippen molar-refractivity contribution >= 4 is 5.78 Å². The third-order valence-corrected chi connectivity index (χ3v) is 3.67. The fraction of sp³-hybridized carbons (Fsp3) is 0.562. The van der Waals surface area contributed by atoms with Crippen LogP contribution in [0.1, 0.15) is 44.0 Å². The number of ketones is 1. The summed E-state index contributed by atoms with van der Waals surface area (Å²) in [5.41, 5.74) is 0.241. The molecule has 0 aromatic heterocycles. The number of halogens is 2. The van der Waals surface area contributed by atoms with E-state index in [2.05, 4.69) is 18.7 Å². The van der Waals surface area contributed by atoms with Crippen LogP contribution in [-0.2, 0) is 0 Å². The van der Waals surface area contributed by atoms with Gasteiger partial charge in [-0.15, -0.1) is 0 Å². The van der Waals surface area contributed by atoms with E-state index in [0.29, 0.717) is 12.0 Å². The first-order chi connectivity index (χ1) is 9.40. The Balaban J connectivity index is 2.15. The molecule has 110 valence electrons. The molecule has 1 unspecified atom stereocenters. The molecule has 4 heteroatoms. The molecule has 0 aliphatic heterocycles. The molecule has 20 heavy (non-hydrogen) atoms. The molecule has 0 bridgehead atoms. The SMILES string of the molecule is CC(C)CN(C1CC1)C(C)C(=O)c1ccc(F)c(F)c1. The molecule has 2 rings (SSSR count). The molecule has 0 heterocycles. The predicted octanol–water partition coefficient (Wildman–Crippen LogP) is 3.66. The average molecular weight is 281 g/mol. The molecule has 1 aromatic carbocycles. The lowest BCUT2D eigenvalue weighted by Gasteiger charge is -2.29. The zero-order valence-corrected chi connectivity index (χ0v) is 12.2. The fourth-order valence-electron chi connectivity index (χ4n) is 2.49. The second kappa shape index (κ2) is 6.00. The maximum absolute atomic E-state index is 13.2. The molecular weight excluding hydrogens is 260 g/mol. The van der Waals surface area contributed by atoms with Crippen LogP contribution in [0.4, 0.5) is 8.78 Å². The van der Waals surface area contributed by atoms with Crippen LogP contribution in [0.3, 0.4) is 0 Å². The minimum Gasteiger partial charge on any atom is -0.292 e. The summed E-state index contributed by atoms with van der Waals surface area (Å²) in [6.07, 6.45) is 2.23. The van der Waals surface area contributed by atoms with Crippen molar-refractivity contribution in [3.8, 4) is 0 Å². The maximum Gasteiger partial charge on any atom is 0.179 e. The van der Waals surface area contributed by atoms with Crippen molar-refractivity contribution in [3.63, 3.8) is 0 Å². The summed E-state index contributed by atoms with van der Waals surface area (Å²) in [7, 11) is 0. The first kappa shape index (κ1) is 15.1.